The zero-order chi connectivity index (χ0) is 14.5. The highest BCUT2D eigenvalue weighted by Gasteiger charge is 2.27. The van der Waals surface area contributed by atoms with Crippen LogP contribution in [-0.2, 0) is 11.3 Å². The van der Waals surface area contributed by atoms with Crippen molar-refractivity contribution in [3.8, 4) is 6.07 Å². The summed E-state index contributed by atoms with van der Waals surface area (Å²) >= 11 is 0. The molecule has 1 rings (SSSR count). The molecule has 0 amide bonds. The second-order valence-electron chi connectivity index (χ2n) is 3.98. The first kappa shape index (κ1) is 15.2. The third kappa shape index (κ3) is 4.75. The number of halogens is 3. The quantitative estimate of drug-likeness (QED) is 0.772. The van der Waals surface area contributed by atoms with Crippen molar-refractivity contribution >= 4 is 0 Å². The number of aromatic nitrogens is 1. The number of nitrogens with zero attached hydrogens (tertiary/aromatic N) is 2. The molecular weight excluding hydrogens is 261 g/mol. The lowest BCUT2D eigenvalue weighted by molar-refractivity contribution is -0.174. The van der Waals surface area contributed by atoms with Crippen LogP contribution < -0.4 is 5.56 Å². The van der Waals surface area contributed by atoms with E-state index in [2.05, 4.69) is 4.74 Å². The Hall–Kier alpha value is -1.81. The fourth-order valence-electron chi connectivity index (χ4n) is 1.55. The molecule has 0 aromatic carbocycles. The van der Waals surface area contributed by atoms with Crippen LogP contribution in [0.25, 0.3) is 0 Å². The van der Waals surface area contributed by atoms with Crippen LogP contribution in [0.5, 0.6) is 0 Å². The minimum absolute atomic E-state index is 0.0156. The Bertz CT molecular complexity index is 529. The molecule has 0 aliphatic heterocycles. The predicted molar refractivity (Wildman–Crippen MR) is 61.6 cm³/mol. The van der Waals surface area contributed by atoms with E-state index < -0.39 is 18.3 Å². The molecule has 1 aromatic heterocycles. The monoisotopic (exact) mass is 274 g/mol. The van der Waals surface area contributed by atoms with Crippen molar-refractivity contribution in [1.29, 1.82) is 5.26 Å². The Morgan fingerprint density at radius 3 is 2.68 bits per heavy atom. The van der Waals surface area contributed by atoms with Crippen LogP contribution in [0.1, 0.15) is 17.7 Å². The molecule has 19 heavy (non-hydrogen) atoms. The maximum Gasteiger partial charge on any atom is 0.411 e. The molecule has 0 bridgehead atoms. The summed E-state index contributed by atoms with van der Waals surface area (Å²) in [7, 11) is 0. The fraction of sp³-hybridized carbons (Fsp3) is 0.500. The number of ether oxygens (including phenoxy) is 1. The van der Waals surface area contributed by atoms with Crippen molar-refractivity contribution in [2.24, 2.45) is 0 Å². The Labute approximate surface area is 108 Å². The molecule has 0 radical (unpaired) electrons. The number of nitriles is 1. The highest BCUT2D eigenvalue weighted by atomic mass is 19.4. The minimum atomic E-state index is -4.34. The van der Waals surface area contributed by atoms with E-state index >= 15 is 0 Å². The summed E-state index contributed by atoms with van der Waals surface area (Å²) in [5.74, 6) is 0. The van der Waals surface area contributed by atoms with E-state index in [-0.39, 0.29) is 25.1 Å². The molecule has 0 saturated carbocycles. The Morgan fingerprint density at radius 1 is 1.42 bits per heavy atom. The standard InChI is InChI=1S/C12H13F3N2O2/c1-9-3-4-10(7-16)11(18)17(9)5-2-6-19-8-12(13,14)15/h3-4H,2,5-6,8H2,1H3. The van der Waals surface area contributed by atoms with E-state index in [1.165, 1.54) is 10.6 Å². The van der Waals surface area contributed by atoms with Gasteiger partial charge in [0.1, 0.15) is 18.2 Å². The molecule has 7 heteroatoms. The van der Waals surface area contributed by atoms with Gasteiger partial charge >= 0.3 is 6.18 Å². The van der Waals surface area contributed by atoms with Gasteiger partial charge in [-0.25, -0.2) is 0 Å². The van der Waals surface area contributed by atoms with Crippen LogP contribution in [0.3, 0.4) is 0 Å². The second kappa shape index (κ2) is 6.38. The third-order valence-corrected chi connectivity index (χ3v) is 2.45. The van der Waals surface area contributed by atoms with E-state index in [1.807, 2.05) is 0 Å². The topological polar surface area (TPSA) is 55.0 Å². The van der Waals surface area contributed by atoms with Gasteiger partial charge in [-0.15, -0.1) is 0 Å². The molecular formula is C12H13F3N2O2. The van der Waals surface area contributed by atoms with Crippen LogP contribution >= 0.6 is 0 Å². The van der Waals surface area contributed by atoms with Crippen molar-refractivity contribution in [3.63, 3.8) is 0 Å². The highest BCUT2D eigenvalue weighted by molar-refractivity contribution is 5.27. The van der Waals surface area contributed by atoms with Crippen molar-refractivity contribution in [1.82, 2.24) is 4.57 Å². The molecule has 0 fully saturated rings. The van der Waals surface area contributed by atoms with Crippen molar-refractivity contribution in [2.75, 3.05) is 13.2 Å². The molecule has 0 spiro atoms. The van der Waals surface area contributed by atoms with Gasteiger partial charge in [0.25, 0.3) is 5.56 Å². The Kier molecular flexibility index (Phi) is 5.12. The van der Waals surface area contributed by atoms with Crippen molar-refractivity contribution in [2.45, 2.75) is 26.1 Å². The third-order valence-electron chi connectivity index (χ3n) is 2.45. The molecule has 4 nitrogen and oxygen atoms in total. The largest absolute Gasteiger partial charge is 0.411 e. The molecule has 0 aliphatic rings. The summed E-state index contributed by atoms with van der Waals surface area (Å²) in [4.78, 5) is 11.8. The van der Waals surface area contributed by atoms with E-state index in [0.717, 1.165) is 0 Å². The molecule has 1 aromatic rings. The molecule has 104 valence electrons. The van der Waals surface area contributed by atoms with Gasteiger partial charge in [0, 0.05) is 18.8 Å². The molecule has 0 atom stereocenters. The first-order chi connectivity index (χ1) is 8.85. The number of alkyl halides is 3. The zero-order valence-electron chi connectivity index (χ0n) is 10.3. The second-order valence-corrected chi connectivity index (χ2v) is 3.98. The van der Waals surface area contributed by atoms with Crippen LogP contribution in [0.15, 0.2) is 16.9 Å². The average molecular weight is 274 g/mol. The van der Waals surface area contributed by atoms with Gasteiger partial charge in [-0.05, 0) is 25.5 Å². The number of hydrogen-bond donors (Lipinski definition) is 0. The van der Waals surface area contributed by atoms with Gasteiger partial charge in [0.15, 0.2) is 0 Å². The van der Waals surface area contributed by atoms with E-state index in [1.54, 1.807) is 19.1 Å². The number of aryl methyl sites for hydroxylation is 1. The van der Waals surface area contributed by atoms with Crippen LogP contribution in [-0.4, -0.2) is 24.0 Å². The normalized spacial score (nSPS) is 11.3. The number of rotatable bonds is 5. The fourth-order valence-corrected chi connectivity index (χ4v) is 1.55. The summed E-state index contributed by atoms with van der Waals surface area (Å²) in [6, 6.07) is 4.82. The predicted octanol–water partition coefficient (Wildman–Crippen LogP) is 2.00. The SMILES string of the molecule is Cc1ccc(C#N)c(=O)n1CCCOCC(F)(F)F. The first-order valence-corrected chi connectivity index (χ1v) is 5.60. The Balaban J connectivity index is 2.55. The van der Waals surface area contributed by atoms with Gasteiger partial charge in [0.2, 0.25) is 0 Å². The molecule has 0 N–H and O–H groups in total. The first-order valence-electron chi connectivity index (χ1n) is 5.60. The number of hydrogen-bond acceptors (Lipinski definition) is 3. The van der Waals surface area contributed by atoms with Crippen LogP contribution in [0.2, 0.25) is 0 Å². The van der Waals surface area contributed by atoms with E-state index in [0.29, 0.717) is 5.69 Å². The molecule has 1 heterocycles. The van der Waals surface area contributed by atoms with Crippen molar-refractivity contribution < 1.29 is 17.9 Å². The Morgan fingerprint density at radius 2 is 2.11 bits per heavy atom. The lowest BCUT2D eigenvalue weighted by atomic mass is 10.2. The lowest BCUT2D eigenvalue weighted by Crippen LogP contribution is -2.25. The lowest BCUT2D eigenvalue weighted by Gasteiger charge is -2.11. The minimum Gasteiger partial charge on any atom is -0.372 e. The van der Waals surface area contributed by atoms with Gasteiger partial charge in [-0.2, -0.15) is 18.4 Å². The average Bonchev–Trinajstić information content (AvgIpc) is 2.31. The maximum atomic E-state index is 11.8. The summed E-state index contributed by atoms with van der Waals surface area (Å²) in [5, 5.41) is 8.72. The number of pyridine rings is 1. The van der Waals surface area contributed by atoms with Gasteiger partial charge in [0.05, 0.1) is 0 Å². The van der Waals surface area contributed by atoms with E-state index in [9.17, 15) is 18.0 Å². The smallest absolute Gasteiger partial charge is 0.372 e. The van der Waals surface area contributed by atoms with E-state index in [4.69, 9.17) is 5.26 Å². The maximum absolute atomic E-state index is 11.8. The van der Waals surface area contributed by atoms with Crippen LogP contribution in [0.4, 0.5) is 13.2 Å². The summed E-state index contributed by atoms with van der Waals surface area (Å²) < 4.78 is 41.3. The molecule has 0 aliphatic carbocycles. The highest BCUT2D eigenvalue weighted by Crippen LogP contribution is 2.14. The van der Waals surface area contributed by atoms with Gasteiger partial charge < -0.3 is 9.30 Å². The summed E-state index contributed by atoms with van der Waals surface area (Å²) in [6.07, 6.45) is -4.07. The molecule has 0 saturated heterocycles. The van der Waals surface area contributed by atoms with Crippen molar-refractivity contribution in [3.05, 3.63) is 33.7 Å². The van der Waals surface area contributed by atoms with Crippen LogP contribution in [0, 0.1) is 18.3 Å². The van der Waals surface area contributed by atoms with Gasteiger partial charge in [-0.1, -0.05) is 0 Å². The molecule has 0 unspecified atom stereocenters. The zero-order valence-corrected chi connectivity index (χ0v) is 10.3. The van der Waals surface area contributed by atoms with Gasteiger partial charge in [-0.3, -0.25) is 4.79 Å². The summed E-state index contributed by atoms with van der Waals surface area (Å²) in [5.41, 5.74) is 0.236. The summed E-state index contributed by atoms with van der Waals surface area (Å²) in [6.45, 7) is 0.526.